The Labute approximate surface area is 95.7 Å². The molecule has 0 spiro atoms. The molecule has 0 radical (unpaired) electrons. The lowest BCUT2D eigenvalue weighted by Gasteiger charge is -2.01. The minimum atomic E-state index is -0.244. The van der Waals surface area contributed by atoms with Crippen LogP contribution in [0.25, 0.3) is 11.3 Å². The molecule has 0 unspecified atom stereocenters. The molecular formula is C10H6Cl2N2O. The van der Waals surface area contributed by atoms with Crippen molar-refractivity contribution in [3.63, 3.8) is 0 Å². The van der Waals surface area contributed by atoms with Crippen LogP contribution in [0.3, 0.4) is 0 Å². The molecule has 1 aromatic carbocycles. The van der Waals surface area contributed by atoms with E-state index in [1.807, 2.05) is 0 Å². The lowest BCUT2D eigenvalue weighted by molar-refractivity contribution is 0.995. The van der Waals surface area contributed by atoms with Gasteiger partial charge in [-0.25, -0.2) is 5.10 Å². The highest BCUT2D eigenvalue weighted by Crippen LogP contribution is 2.24. The van der Waals surface area contributed by atoms with Crippen molar-refractivity contribution in [2.24, 2.45) is 0 Å². The van der Waals surface area contributed by atoms with Crippen LogP contribution in [0.2, 0.25) is 10.0 Å². The van der Waals surface area contributed by atoms with E-state index in [0.717, 1.165) is 5.56 Å². The summed E-state index contributed by atoms with van der Waals surface area (Å²) in [7, 11) is 0. The highest BCUT2D eigenvalue weighted by Gasteiger charge is 2.02. The predicted molar refractivity (Wildman–Crippen MR) is 60.3 cm³/mol. The molecule has 76 valence electrons. The average Bonchev–Trinajstić information content (AvgIpc) is 2.17. The Morgan fingerprint density at radius 3 is 2.27 bits per heavy atom. The molecule has 0 aliphatic rings. The number of H-pyrrole nitrogens is 1. The molecule has 0 atom stereocenters. The molecule has 2 aromatic rings. The molecule has 0 saturated heterocycles. The number of benzene rings is 1. The van der Waals surface area contributed by atoms with Crippen molar-refractivity contribution in [2.45, 2.75) is 0 Å². The second-order valence-electron chi connectivity index (χ2n) is 2.96. The first-order valence-corrected chi connectivity index (χ1v) is 4.93. The van der Waals surface area contributed by atoms with Gasteiger partial charge in [-0.3, -0.25) is 4.79 Å². The molecule has 1 aromatic heterocycles. The molecule has 5 heteroatoms. The van der Waals surface area contributed by atoms with Crippen molar-refractivity contribution in [1.29, 1.82) is 0 Å². The van der Waals surface area contributed by atoms with Gasteiger partial charge in [-0.15, -0.1) is 0 Å². The van der Waals surface area contributed by atoms with E-state index in [2.05, 4.69) is 10.2 Å². The van der Waals surface area contributed by atoms with E-state index in [0.29, 0.717) is 15.7 Å². The summed E-state index contributed by atoms with van der Waals surface area (Å²) < 4.78 is 0. The van der Waals surface area contributed by atoms with E-state index in [9.17, 15) is 4.79 Å². The summed E-state index contributed by atoms with van der Waals surface area (Å²) in [6.45, 7) is 0. The first-order valence-electron chi connectivity index (χ1n) is 4.17. The second-order valence-corrected chi connectivity index (χ2v) is 3.84. The first kappa shape index (κ1) is 10.2. The fourth-order valence-electron chi connectivity index (χ4n) is 1.21. The molecule has 3 nitrogen and oxygen atoms in total. The Hall–Kier alpha value is -1.32. The number of rotatable bonds is 1. The zero-order chi connectivity index (χ0) is 10.8. The largest absolute Gasteiger partial charge is 0.268 e. The monoisotopic (exact) mass is 240 g/mol. The van der Waals surface area contributed by atoms with Crippen molar-refractivity contribution >= 4 is 23.2 Å². The Morgan fingerprint density at radius 2 is 1.73 bits per heavy atom. The third-order valence-electron chi connectivity index (χ3n) is 1.84. The number of halogens is 2. The van der Waals surface area contributed by atoms with Gasteiger partial charge in [0.1, 0.15) is 0 Å². The summed E-state index contributed by atoms with van der Waals surface area (Å²) in [6.07, 6.45) is 0. The minimum absolute atomic E-state index is 0.244. The molecule has 1 N–H and O–H groups in total. The maximum absolute atomic E-state index is 10.8. The summed E-state index contributed by atoms with van der Waals surface area (Å²) in [6, 6.07) is 8.11. The Bertz CT molecular complexity index is 511. The van der Waals surface area contributed by atoms with Gasteiger partial charge in [0.25, 0.3) is 5.56 Å². The maximum atomic E-state index is 10.8. The van der Waals surface area contributed by atoms with E-state index in [1.165, 1.54) is 6.07 Å². The summed E-state index contributed by atoms with van der Waals surface area (Å²) in [5.41, 5.74) is 1.15. The Balaban J connectivity index is 2.53. The van der Waals surface area contributed by atoms with Crippen LogP contribution >= 0.6 is 23.2 Å². The highest BCUT2D eigenvalue weighted by atomic mass is 35.5. The average molecular weight is 241 g/mol. The number of nitrogens with one attached hydrogen (secondary N) is 1. The molecule has 0 aliphatic carbocycles. The normalized spacial score (nSPS) is 10.3. The number of hydrogen-bond donors (Lipinski definition) is 1. The molecule has 0 bridgehead atoms. The Kier molecular flexibility index (Phi) is 2.75. The van der Waals surface area contributed by atoms with E-state index < -0.39 is 0 Å². The van der Waals surface area contributed by atoms with Crippen LogP contribution in [-0.4, -0.2) is 10.2 Å². The SMILES string of the molecule is O=c1ccc(-c2cc(Cl)cc(Cl)c2)n[nH]1. The molecule has 15 heavy (non-hydrogen) atoms. The van der Waals surface area contributed by atoms with Crippen molar-refractivity contribution < 1.29 is 0 Å². The van der Waals surface area contributed by atoms with Gasteiger partial charge in [0.05, 0.1) is 5.69 Å². The summed E-state index contributed by atoms with van der Waals surface area (Å²) >= 11 is 11.7. The third-order valence-corrected chi connectivity index (χ3v) is 2.27. The van der Waals surface area contributed by atoms with Crippen LogP contribution in [-0.2, 0) is 0 Å². The van der Waals surface area contributed by atoms with Crippen molar-refractivity contribution in [2.75, 3.05) is 0 Å². The minimum Gasteiger partial charge on any atom is -0.268 e. The van der Waals surface area contributed by atoms with E-state index in [-0.39, 0.29) is 5.56 Å². The molecule has 1 heterocycles. The maximum Gasteiger partial charge on any atom is 0.264 e. The standard InChI is InChI=1S/C10H6Cl2N2O/c11-7-3-6(4-8(12)5-7)9-1-2-10(15)14-13-9/h1-5H,(H,14,15). The van der Waals surface area contributed by atoms with Crippen molar-refractivity contribution in [3.8, 4) is 11.3 Å². The molecular weight excluding hydrogens is 235 g/mol. The quantitative estimate of drug-likeness (QED) is 0.834. The number of hydrogen-bond acceptors (Lipinski definition) is 2. The summed E-state index contributed by atoms with van der Waals surface area (Å²) in [5, 5.41) is 7.29. The van der Waals surface area contributed by atoms with Gasteiger partial charge in [0.2, 0.25) is 0 Å². The van der Waals surface area contributed by atoms with E-state index in [4.69, 9.17) is 23.2 Å². The van der Waals surface area contributed by atoms with Gasteiger partial charge in [0.15, 0.2) is 0 Å². The van der Waals surface area contributed by atoms with Gasteiger partial charge < -0.3 is 0 Å². The molecule has 0 fully saturated rings. The smallest absolute Gasteiger partial charge is 0.264 e. The van der Waals surface area contributed by atoms with E-state index in [1.54, 1.807) is 24.3 Å². The lowest BCUT2D eigenvalue weighted by atomic mass is 10.1. The third kappa shape index (κ3) is 2.37. The van der Waals surface area contributed by atoms with Crippen LogP contribution in [0, 0.1) is 0 Å². The van der Waals surface area contributed by atoms with Crippen LogP contribution in [0.15, 0.2) is 35.1 Å². The fourth-order valence-corrected chi connectivity index (χ4v) is 1.73. The second kappa shape index (κ2) is 4.04. The number of nitrogens with zero attached hydrogens (tertiary/aromatic N) is 1. The van der Waals surface area contributed by atoms with Gasteiger partial charge in [-0.1, -0.05) is 23.2 Å². The van der Waals surface area contributed by atoms with Crippen LogP contribution in [0.5, 0.6) is 0 Å². The topological polar surface area (TPSA) is 45.8 Å². The summed E-state index contributed by atoms with van der Waals surface area (Å²) in [5.74, 6) is 0. The molecule has 0 amide bonds. The van der Waals surface area contributed by atoms with Crippen LogP contribution in [0.1, 0.15) is 0 Å². The van der Waals surface area contributed by atoms with Gasteiger partial charge in [0, 0.05) is 21.7 Å². The number of aromatic amines is 1. The van der Waals surface area contributed by atoms with Gasteiger partial charge >= 0.3 is 0 Å². The van der Waals surface area contributed by atoms with Crippen LogP contribution in [0.4, 0.5) is 0 Å². The van der Waals surface area contributed by atoms with Gasteiger partial charge in [-0.2, -0.15) is 5.10 Å². The lowest BCUT2D eigenvalue weighted by Crippen LogP contribution is -2.05. The van der Waals surface area contributed by atoms with Gasteiger partial charge in [-0.05, 0) is 24.3 Å². The fraction of sp³-hybridized carbons (Fsp3) is 0. The van der Waals surface area contributed by atoms with E-state index >= 15 is 0 Å². The van der Waals surface area contributed by atoms with Crippen molar-refractivity contribution in [1.82, 2.24) is 10.2 Å². The Morgan fingerprint density at radius 1 is 1.07 bits per heavy atom. The zero-order valence-electron chi connectivity index (χ0n) is 7.50. The first-order chi connectivity index (χ1) is 7.15. The molecule has 0 aliphatic heterocycles. The summed E-state index contributed by atoms with van der Waals surface area (Å²) in [4.78, 5) is 10.8. The number of aromatic nitrogens is 2. The predicted octanol–water partition coefficient (Wildman–Crippen LogP) is 2.74. The molecule has 2 rings (SSSR count). The molecule has 0 saturated carbocycles. The zero-order valence-corrected chi connectivity index (χ0v) is 9.01. The van der Waals surface area contributed by atoms with Crippen LogP contribution < -0.4 is 5.56 Å². The highest BCUT2D eigenvalue weighted by molar-refractivity contribution is 6.35. The van der Waals surface area contributed by atoms with Crippen molar-refractivity contribution in [3.05, 3.63) is 50.7 Å².